The van der Waals surface area contributed by atoms with E-state index >= 15 is 0 Å². The van der Waals surface area contributed by atoms with E-state index in [1.54, 1.807) is 0 Å². The van der Waals surface area contributed by atoms with Crippen LogP contribution < -0.4 is 0 Å². The minimum absolute atomic E-state index is 0.482. The molecule has 3 atom stereocenters. The fraction of sp³-hybridized carbons (Fsp3) is 0.400. The number of benzene rings is 2. The van der Waals surface area contributed by atoms with Crippen LogP contribution in [-0.2, 0) is 6.42 Å². The normalized spacial score (nSPS) is 22.3. The zero-order chi connectivity index (χ0) is 14.8. The molecule has 0 heterocycles. The van der Waals surface area contributed by atoms with Gasteiger partial charge in [0, 0.05) is 4.83 Å². The van der Waals surface area contributed by atoms with Crippen LogP contribution in [0.25, 0.3) is 0 Å². The van der Waals surface area contributed by atoms with E-state index in [2.05, 4.69) is 84.4 Å². The van der Waals surface area contributed by atoms with E-state index in [0.717, 1.165) is 17.8 Å². The lowest BCUT2D eigenvalue weighted by atomic mass is 9.99. The van der Waals surface area contributed by atoms with Crippen molar-refractivity contribution in [1.29, 1.82) is 0 Å². The molecular formula is C20H23Br. The van der Waals surface area contributed by atoms with E-state index in [4.69, 9.17) is 0 Å². The molecule has 0 N–H and O–H groups in total. The Morgan fingerprint density at radius 2 is 1.67 bits per heavy atom. The number of alkyl halides is 1. The summed E-state index contributed by atoms with van der Waals surface area (Å²) in [4.78, 5) is 0.482. The molecule has 110 valence electrons. The second-order valence-electron chi connectivity index (χ2n) is 6.66. The van der Waals surface area contributed by atoms with Crippen LogP contribution in [0.4, 0.5) is 0 Å². The molecule has 21 heavy (non-hydrogen) atoms. The lowest BCUT2D eigenvalue weighted by Crippen LogP contribution is -1.97. The van der Waals surface area contributed by atoms with Crippen molar-refractivity contribution in [2.75, 3.05) is 0 Å². The van der Waals surface area contributed by atoms with Gasteiger partial charge in [0.05, 0.1) is 0 Å². The summed E-state index contributed by atoms with van der Waals surface area (Å²) in [5.74, 6) is 2.19. The van der Waals surface area contributed by atoms with Gasteiger partial charge in [0.1, 0.15) is 0 Å². The third kappa shape index (κ3) is 3.58. The maximum absolute atomic E-state index is 3.93. The van der Waals surface area contributed by atoms with E-state index < -0.39 is 0 Å². The monoisotopic (exact) mass is 342 g/mol. The molecule has 0 saturated heterocycles. The summed E-state index contributed by atoms with van der Waals surface area (Å²) < 4.78 is 0. The van der Waals surface area contributed by atoms with Crippen LogP contribution in [0, 0.1) is 11.8 Å². The minimum atomic E-state index is 0.482. The third-order valence-corrected chi connectivity index (χ3v) is 5.59. The highest BCUT2D eigenvalue weighted by atomic mass is 79.9. The Morgan fingerprint density at radius 3 is 2.29 bits per heavy atom. The van der Waals surface area contributed by atoms with Crippen LogP contribution in [0.2, 0.25) is 0 Å². The highest BCUT2D eigenvalue weighted by Crippen LogP contribution is 2.57. The zero-order valence-electron chi connectivity index (χ0n) is 12.8. The molecule has 2 aromatic rings. The van der Waals surface area contributed by atoms with Crippen molar-refractivity contribution in [3.05, 3.63) is 71.3 Å². The molecule has 1 fully saturated rings. The number of rotatable bonds is 5. The Bertz CT molecular complexity index is 571. The van der Waals surface area contributed by atoms with E-state index in [9.17, 15) is 0 Å². The Kier molecular flexibility index (Phi) is 4.49. The predicted octanol–water partition coefficient (Wildman–Crippen LogP) is 6.12. The average molecular weight is 343 g/mol. The molecule has 0 radical (unpaired) electrons. The van der Waals surface area contributed by atoms with E-state index in [1.807, 2.05) is 0 Å². The zero-order valence-corrected chi connectivity index (χ0v) is 14.4. The minimum Gasteiger partial charge on any atom is -0.0836 e. The molecule has 0 spiro atoms. The standard InChI is InChI=1S/C20H23Br/c1-14(2)12-15-8-10-17(11-9-15)20(21)19-13-18(19)16-6-4-3-5-7-16/h3-11,14,18-20H,12-13H2,1-2H3. The highest BCUT2D eigenvalue weighted by molar-refractivity contribution is 9.09. The molecule has 1 aliphatic rings. The van der Waals surface area contributed by atoms with E-state index in [-0.39, 0.29) is 0 Å². The fourth-order valence-electron chi connectivity index (χ4n) is 3.18. The molecule has 1 saturated carbocycles. The molecule has 1 heteroatoms. The number of halogens is 1. The Labute approximate surface area is 136 Å². The summed E-state index contributed by atoms with van der Waals surface area (Å²) in [6.45, 7) is 4.55. The summed E-state index contributed by atoms with van der Waals surface area (Å²) >= 11 is 3.93. The van der Waals surface area contributed by atoms with Crippen LogP contribution in [0.1, 0.15) is 47.7 Å². The summed E-state index contributed by atoms with van der Waals surface area (Å²) in [6.07, 6.45) is 2.47. The second kappa shape index (κ2) is 6.36. The molecule has 1 aliphatic carbocycles. The van der Waals surface area contributed by atoms with Gasteiger partial charge in [-0.05, 0) is 47.3 Å². The largest absolute Gasteiger partial charge is 0.0836 e. The molecule has 0 aliphatic heterocycles. The molecular weight excluding hydrogens is 320 g/mol. The molecule has 0 aromatic heterocycles. The third-order valence-electron chi connectivity index (χ3n) is 4.39. The summed E-state index contributed by atoms with van der Waals surface area (Å²) in [5.41, 5.74) is 4.36. The number of hydrogen-bond donors (Lipinski definition) is 0. The number of hydrogen-bond acceptors (Lipinski definition) is 0. The first-order valence-electron chi connectivity index (χ1n) is 7.93. The van der Waals surface area contributed by atoms with Crippen molar-refractivity contribution in [2.24, 2.45) is 11.8 Å². The van der Waals surface area contributed by atoms with E-state index in [1.165, 1.54) is 29.5 Å². The maximum Gasteiger partial charge on any atom is 0.0429 e. The van der Waals surface area contributed by atoms with Crippen molar-refractivity contribution in [3.8, 4) is 0 Å². The van der Waals surface area contributed by atoms with Crippen LogP contribution in [-0.4, -0.2) is 0 Å². The highest BCUT2D eigenvalue weighted by Gasteiger charge is 2.43. The van der Waals surface area contributed by atoms with Crippen LogP contribution in [0.15, 0.2) is 54.6 Å². The van der Waals surface area contributed by atoms with Gasteiger partial charge in [0.15, 0.2) is 0 Å². The summed E-state index contributed by atoms with van der Waals surface area (Å²) in [7, 11) is 0. The van der Waals surface area contributed by atoms with Gasteiger partial charge in [0.2, 0.25) is 0 Å². The van der Waals surface area contributed by atoms with Crippen LogP contribution >= 0.6 is 15.9 Å². The van der Waals surface area contributed by atoms with Crippen molar-refractivity contribution < 1.29 is 0 Å². The molecule has 0 nitrogen and oxygen atoms in total. The molecule has 2 aromatic carbocycles. The average Bonchev–Trinajstić information content (AvgIpc) is 3.28. The summed E-state index contributed by atoms with van der Waals surface area (Å²) in [5, 5.41) is 0. The van der Waals surface area contributed by atoms with Crippen molar-refractivity contribution in [3.63, 3.8) is 0 Å². The van der Waals surface area contributed by atoms with Gasteiger partial charge in [0.25, 0.3) is 0 Å². The lowest BCUT2D eigenvalue weighted by Gasteiger charge is -2.12. The smallest absolute Gasteiger partial charge is 0.0429 e. The van der Waals surface area contributed by atoms with Gasteiger partial charge in [-0.25, -0.2) is 0 Å². The first-order chi connectivity index (χ1) is 10.1. The van der Waals surface area contributed by atoms with Crippen molar-refractivity contribution in [2.45, 2.75) is 37.4 Å². The molecule has 3 unspecified atom stereocenters. The first kappa shape index (κ1) is 14.8. The lowest BCUT2D eigenvalue weighted by molar-refractivity contribution is 0.647. The van der Waals surface area contributed by atoms with Crippen molar-refractivity contribution >= 4 is 15.9 Å². The SMILES string of the molecule is CC(C)Cc1ccc(C(Br)C2CC2c2ccccc2)cc1. The van der Waals surface area contributed by atoms with Gasteiger partial charge < -0.3 is 0 Å². The van der Waals surface area contributed by atoms with Gasteiger partial charge in [-0.15, -0.1) is 0 Å². The fourth-order valence-corrected chi connectivity index (χ4v) is 4.07. The molecule has 0 bridgehead atoms. The molecule has 3 rings (SSSR count). The Balaban J connectivity index is 1.65. The van der Waals surface area contributed by atoms with Gasteiger partial charge >= 0.3 is 0 Å². The van der Waals surface area contributed by atoms with Crippen LogP contribution in [0.5, 0.6) is 0 Å². The van der Waals surface area contributed by atoms with Gasteiger partial charge in [-0.1, -0.05) is 84.4 Å². The first-order valence-corrected chi connectivity index (χ1v) is 8.84. The van der Waals surface area contributed by atoms with Crippen LogP contribution in [0.3, 0.4) is 0 Å². The second-order valence-corrected chi connectivity index (χ2v) is 7.64. The Morgan fingerprint density at radius 1 is 1.00 bits per heavy atom. The topological polar surface area (TPSA) is 0 Å². The quantitative estimate of drug-likeness (QED) is 0.573. The van der Waals surface area contributed by atoms with E-state index in [0.29, 0.717) is 4.83 Å². The van der Waals surface area contributed by atoms with Gasteiger partial charge in [-0.3, -0.25) is 0 Å². The van der Waals surface area contributed by atoms with Gasteiger partial charge in [-0.2, -0.15) is 0 Å². The van der Waals surface area contributed by atoms with Crippen molar-refractivity contribution in [1.82, 2.24) is 0 Å². The maximum atomic E-state index is 3.93. The predicted molar refractivity (Wildman–Crippen MR) is 93.9 cm³/mol. The summed E-state index contributed by atoms with van der Waals surface area (Å²) in [6, 6.07) is 20.1. The Hall–Kier alpha value is -1.08. The molecule has 0 amide bonds.